The van der Waals surface area contributed by atoms with E-state index in [1.165, 1.54) is 10.4 Å². The SMILES string of the molecule is CC(C)(C)NCc1ccc(OCc2ccc(Br)s2)c(Br)c1. The van der Waals surface area contributed by atoms with E-state index in [2.05, 4.69) is 76.1 Å². The Bertz CT molecular complexity index is 605. The van der Waals surface area contributed by atoms with Crippen LogP contribution >= 0.6 is 43.2 Å². The van der Waals surface area contributed by atoms with Gasteiger partial charge in [-0.15, -0.1) is 11.3 Å². The van der Waals surface area contributed by atoms with Crippen LogP contribution in [-0.2, 0) is 13.2 Å². The molecule has 2 rings (SSSR count). The van der Waals surface area contributed by atoms with Crippen LogP contribution < -0.4 is 10.1 Å². The number of thiophene rings is 1. The van der Waals surface area contributed by atoms with Gasteiger partial charge in [-0.1, -0.05) is 6.07 Å². The first-order valence-electron chi connectivity index (χ1n) is 6.74. The molecule has 21 heavy (non-hydrogen) atoms. The number of ether oxygens (including phenoxy) is 1. The molecule has 0 saturated heterocycles. The number of benzene rings is 1. The molecule has 0 amide bonds. The van der Waals surface area contributed by atoms with Crippen LogP contribution in [0.2, 0.25) is 0 Å². The lowest BCUT2D eigenvalue weighted by Crippen LogP contribution is -2.35. The van der Waals surface area contributed by atoms with Gasteiger partial charge in [-0.05, 0) is 82.5 Å². The number of hydrogen-bond donors (Lipinski definition) is 1. The summed E-state index contributed by atoms with van der Waals surface area (Å²) in [6, 6.07) is 10.3. The summed E-state index contributed by atoms with van der Waals surface area (Å²) in [6.07, 6.45) is 0. The van der Waals surface area contributed by atoms with Crippen LogP contribution in [0, 0.1) is 0 Å². The van der Waals surface area contributed by atoms with Crippen molar-refractivity contribution in [2.24, 2.45) is 0 Å². The Morgan fingerprint density at radius 1 is 1.14 bits per heavy atom. The summed E-state index contributed by atoms with van der Waals surface area (Å²) in [5.74, 6) is 0.874. The van der Waals surface area contributed by atoms with Crippen LogP contribution in [0.1, 0.15) is 31.2 Å². The van der Waals surface area contributed by atoms with Crippen molar-refractivity contribution in [3.63, 3.8) is 0 Å². The number of rotatable bonds is 5. The summed E-state index contributed by atoms with van der Waals surface area (Å²) in [4.78, 5) is 1.20. The fraction of sp³-hybridized carbons (Fsp3) is 0.375. The largest absolute Gasteiger partial charge is 0.487 e. The van der Waals surface area contributed by atoms with E-state index in [9.17, 15) is 0 Å². The van der Waals surface area contributed by atoms with Gasteiger partial charge < -0.3 is 10.1 Å². The van der Waals surface area contributed by atoms with Crippen LogP contribution in [-0.4, -0.2) is 5.54 Å². The molecule has 2 aromatic rings. The molecule has 1 N–H and O–H groups in total. The van der Waals surface area contributed by atoms with Crippen molar-refractivity contribution in [1.29, 1.82) is 0 Å². The summed E-state index contributed by atoms with van der Waals surface area (Å²) in [6.45, 7) is 7.94. The maximum Gasteiger partial charge on any atom is 0.134 e. The van der Waals surface area contributed by atoms with Gasteiger partial charge in [0, 0.05) is 17.0 Å². The second-order valence-corrected chi connectivity index (χ2v) is 9.26. The van der Waals surface area contributed by atoms with Gasteiger partial charge in [-0.2, -0.15) is 0 Å². The molecule has 0 aliphatic heterocycles. The van der Waals surface area contributed by atoms with Crippen molar-refractivity contribution in [2.75, 3.05) is 0 Å². The molecule has 0 saturated carbocycles. The highest BCUT2D eigenvalue weighted by Crippen LogP contribution is 2.29. The zero-order valence-electron chi connectivity index (χ0n) is 12.4. The predicted octanol–water partition coefficient (Wildman–Crippen LogP) is 5.74. The molecule has 1 aromatic heterocycles. The first kappa shape index (κ1) is 17.0. The highest BCUT2D eigenvalue weighted by atomic mass is 79.9. The van der Waals surface area contributed by atoms with Gasteiger partial charge in [0.2, 0.25) is 0 Å². The maximum absolute atomic E-state index is 5.86. The second kappa shape index (κ2) is 7.27. The summed E-state index contributed by atoms with van der Waals surface area (Å²) >= 11 is 8.74. The van der Waals surface area contributed by atoms with Gasteiger partial charge in [-0.25, -0.2) is 0 Å². The molecule has 1 heterocycles. The van der Waals surface area contributed by atoms with Crippen molar-refractivity contribution < 1.29 is 4.74 Å². The Labute approximate surface area is 147 Å². The number of hydrogen-bond acceptors (Lipinski definition) is 3. The monoisotopic (exact) mass is 431 g/mol. The fourth-order valence-corrected chi connectivity index (χ4v) is 3.65. The van der Waals surface area contributed by atoms with E-state index in [4.69, 9.17) is 4.74 Å². The van der Waals surface area contributed by atoms with Crippen LogP contribution in [0.4, 0.5) is 0 Å². The Balaban J connectivity index is 1.95. The van der Waals surface area contributed by atoms with Crippen LogP contribution in [0.3, 0.4) is 0 Å². The smallest absolute Gasteiger partial charge is 0.134 e. The van der Waals surface area contributed by atoms with E-state index in [1.807, 2.05) is 12.1 Å². The lowest BCUT2D eigenvalue weighted by Gasteiger charge is -2.20. The minimum absolute atomic E-state index is 0.119. The molecule has 1 aromatic carbocycles. The van der Waals surface area contributed by atoms with Crippen molar-refractivity contribution in [3.8, 4) is 5.75 Å². The standard InChI is InChI=1S/C16H19Br2NOS/c1-16(2,3)19-9-11-4-6-14(13(17)8-11)20-10-12-5-7-15(18)21-12/h4-8,19H,9-10H2,1-3H3. The fourth-order valence-electron chi connectivity index (χ4n) is 1.72. The van der Waals surface area contributed by atoms with Gasteiger partial charge in [0.15, 0.2) is 0 Å². The Morgan fingerprint density at radius 3 is 2.48 bits per heavy atom. The lowest BCUT2D eigenvalue weighted by molar-refractivity contribution is 0.307. The summed E-state index contributed by atoms with van der Waals surface area (Å²) in [7, 11) is 0. The van der Waals surface area contributed by atoms with Crippen LogP contribution in [0.15, 0.2) is 38.6 Å². The van der Waals surface area contributed by atoms with E-state index >= 15 is 0 Å². The predicted molar refractivity (Wildman–Crippen MR) is 97.1 cm³/mol. The van der Waals surface area contributed by atoms with Crippen molar-refractivity contribution in [1.82, 2.24) is 5.32 Å². The van der Waals surface area contributed by atoms with Gasteiger partial charge in [0.1, 0.15) is 12.4 Å². The highest BCUT2D eigenvalue weighted by molar-refractivity contribution is 9.11. The lowest BCUT2D eigenvalue weighted by atomic mass is 10.1. The van der Waals surface area contributed by atoms with Gasteiger partial charge in [0.25, 0.3) is 0 Å². The third-order valence-electron chi connectivity index (χ3n) is 2.82. The minimum Gasteiger partial charge on any atom is -0.487 e. The Hall–Kier alpha value is -0.360. The maximum atomic E-state index is 5.86. The Morgan fingerprint density at radius 2 is 1.90 bits per heavy atom. The number of nitrogens with one attached hydrogen (secondary N) is 1. The van der Waals surface area contributed by atoms with E-state index in [1.54, 1.807) is 11.3 Å². The van der Waals surface area contributed by atoms with E-state index in [0.29, 0.717) is 6.61 Å². The van der Waals surface area contributed by atoms with E-state index < -0.39 is 0 Å². The molecule has 0 radical (unpaired) electrons. The molecular formula is C16H19Br2NOS. The first-order valence-corrected chi connectivity index (χ1v) is 9.14. The minimum atomic E-state index is 0.119. The molecule has 0 atom stereocenters. The molecule has 114 valence electrons. The average Bonchev–Trinajstić information content (AvgIpc) is 2.80. The molecule has 0 aliphatic rings. The molecule has 0 bridgehead atoms. The van der Waals surface area contributed by atoms with E-state index in [-0.39, 0.29) is 5.54 Å². The second-order valence-electron chi connectivity index (χ2n) is 5.86. The molecule has 0 aliphatic carbocycles. The first-order chi connectivity index (χ1) is 9.83. The molecule has 0 spiro atoms. The van der Waals surface area contributed by atoms with Crippen molar-refractivity contribution >= 4 is 43.2 Å². The Kier molecular flexibility index (Phi) is 5.88. The summed E-state index contributed by atoms with van der Waals surface area (Å²) < 4.78 is 7.98. The van der Waals surface area contributed by atoms with Crippen molar-refractivity contribution in [2.45, 2.75) is 39.5 Å². The molecular weight excluding hydrogens is 414 g/mol. The number of halogens is 2. The van der Waals surface area contributed by atoms with Gasteiger partial charge in [0.05, 0.1) is 8.26 Å². The zero-order valence-corrected chi connectivity index (χ0v) is 16.4. The van der Waals surface area contributed by atoms with Gasteiger partial charge in [-0.3, -0.25) is 0 Å². The van der Waals surface area contributed by atoms with Gasteiger partial charge >= 0.3 is 0 Å². The average molecular weight is 433 g/mol. The molecule has 2 nitrogen and oxygen atoms in total. The third kappa shape index (κ3) is 5.74. The molecule has 0 unspecified atom stereocenters. The topological polar surface area (TPSA) is 21.3 Å². The normalized spacial score (nSPS) is 11.7. The quantitative estimate of drug-likeness (QED) is 0.650. The van der Waals surface area contributed by atoms with Crippen LogP contribution in [0.25, 0.3) is 0 Å². The third-order valence-corrected chi connectivity index (χ3v) is 5.03. The molecule has 0 fully saturated rings. The van der Waals surface area contributed by atoms with E-state index in [0.717, 1.165) is 20.6 Å². The van der Waals surface area contributed by atoms with Crippen molar-refractivity contribution in [3.05, 3.63) is 49.0 Å². The van der Waals surface area contributed by atoms with Crippen LogP contribution in [0.5, 0.6) is 5.75 Å². The highest BCUT2D eigenvalue weighted by Gasteiger charge is 2.10. The summed E-state index contributed by atoms with van der Waals surface area (Å²) in [5.41, 5.74) is 1.36. The summed E-state index contributed by atoms with van der Waals surface area (Å²) in [5, 5.41) is 3.48. The molecule has 5 heteroatoms. The zero-order chi connectivity index (χ0) is 15.5.